The van der Waals surface area contributed by atoms with E-state index in [1.807, 2.05) is 6.92 Å². The van der Waals surface area contributed by atoms with Gasteiger partial charge in [0, 0.05) is 0 Å². The Bertz CT molecular complexity index is 33.2. The lowest BCUT2D eigenvalue weighted by Gasteiger charge is -2.10. The Morgan fingerprint density at radius 1 is 1.57 bits per heavy atom. The van der Waals surface area contributed by atoms with E-state index < -0.39 is 0 Å². The smallest absolute Gasteiger partial charge is 0.0550 e. The molecule has 0 spiro atoms. The molecule has 0 aliphatic carbocycles. The van der Waals surface area contributed by atoms with Crippen LogP contribution in [0.15, 0.2) is 0 Å². The van der Waals surface area contributed by atoms with Crippen molar-refractivity contribution >= 4 is 0 Å². The molecule has 1 unspecified atom stereocenters. The van der Waals surface area contributed by atoms with Crippen LogP contribution >= 0.6 is 0 Å². The SMILES string of the molecule is CCCCC(C)[NH-]. The molecule has 0 aromatic heterocycles. The van der Waals surface area contributed by atoms with Crippen molar-refractivity contribution in [1.82, 2.24) is 0 Å². The van der Waals surface area contributed by atoms with Crippen molar-refractivity contribution < 1.29 is 0 Å². The summed E-state index contributed by atoms with van der Waals surface area (Å²) in [6, 6.07) is 0.153. The minimum absolute atomic E-state index is 0.153. The molecule has 7 heavy (non-hydrogen) atoms. The van der Waals surface area contributed by atoms with Crippen molar-refractivity contribution in [2.45, 2.75) is 39.2 Å². The second kappa shape index (κ2) is 4.13. The number of hydrogen-bond donors (Lipinski definition) is 0. The largest absolute Gasteiger partial charge is 0.675 e. The van der Waals surface area contributed by atoms with E-state index in [9.17, 15) is 0 Å². The standard InChI is InChI=1S/C6H14N/c1-3-4-5-6(2)7/h6-7H,3-5H2,1-2H3/q-1. The van der Waals surface area contributed by atoms with Crippen molar-refractivity contribution in [3.05, 3.63) is 5.73 Å². The highest BCUT2D eigenvalue weighted by molar-refractivity contribution is 4.65. The molecule has 0 bridgehead atoms. The van der Waals surface area contributed by atoms with E-state index >= 15 is 0 Å². The highest BCUT2D eigenvalue weighted by Crippen LogP contribution is 2.00. The van der Waals surface area contributed by atoms with Gasteiger partial charge in [0.25, 0.3) is 0 Å². The predicted molar refractivity (Wildman–Crippen MR) is 33.3 cm³/mol. The molecule has 0 rings (SSSR count). The van der Waals surface area contributed by atoms with Gasteiger partial charge in [-0.3, -0.25) is 0 Å². The van der Waals surface area contributed by atoms with Crippen LogP contribution in [0.25, 0.3) is 5.73 Å². The molecule has 0 aliphatic heterocycles. The van der Waals surface area contributed by atoms with Crippen LogP contribution in [0.1, 0.15) is 33.1 Å². The summed E-state index contributed by atoms with van der Waals surface area (Å²) in [6.45, 7) is 4.10. The molecule has 0 saturated carbocycles. The van der Waals surface area contributed by atoms with Gasteiger partial charge in [0.1, 0.15) is 0 Å². The Labute approximate surface area is 45.9 Å². The van der Waals surface area contributed by atoms with Crippen LogP contribution in [0.4, 0.5) is 0 Å². The minimum atomic E-state index is 0.153. The molecule has 0 aromatic rings. The molecular formula is C6H14N-. The van der Waals surface area contributed by atoms with E-state index in [0.717, 1.165) is 6.42 Å². The van der Waals surface area contributed by atoms with Gasteiger partial charge in [0.05, 0.1) is 0 Å². The number of hydrogen-bond acceptors (Lipinski definition) is 0. The van der Waals surface area contributed by atoms with Crippen molar-refractivity contribution in [3.63, 3.8) is 0 Å². The summed E-state index contributed by atoms with van der Waals surface area (Å²) < 4.78 is 0. The molecule has 1 N–H and O–H groups in total. The normalized spacial score (nSPS) is 14.1. The third-order valence-electron chi connectivity index (χ3n) is 0.991. The molecule has 0 radical (unpaired) electrons. The molecule has 1 heteroatoms. The van der Waals surface area contributed by atoms with E-state index in [1.54, 1.807) is 0 Å². The van der Waals surface area contributed by atoms with Gasteiger partial charge in [-0.15, -0.1) is 6.04 Å². The molecule has 0 aliphatic rings. The molecule has 0 fully saturated rings. The summed E-state index contributed by atoms with van der Waals surface area (Å²) in [5.41, 5.74) is 7.08. The topological polar surface area (TPSA) is 23.8 Å². The maximum atomic E-state index is 7.08. The maximum absolute atomic E-state index is 7.08. The van der Waals surface area contributed by atoms with Crippen LogP contribution in [-0.4, -0.2) is 6.04 Å². The average molecular weight is 100 g/mol. The first kappa shape index (κ1) is 6.96. The van der Waals surface area contributed by atoms with Crippen LogP contribution < -0.4 is 0 Å². The summed E-state index contributed by atoms with van der Waals surface area (Å²) in [5.74, 6) is 0. The fourth-order valence-corrected chi connectivity index (χ4v) is 0.510. The predicted octanol–water partition coefficient (Wildman–Crippen LogP) is 2.62. The Balaban J connectivity index is 2.68. The lowest BCUT2D eigenvalue weighted by molar-refractivity contribution is 0.674. The fraction of sp³-hybridized carbons (Fsp3) is 1.00. The second-order valence-corrected chi connectivity index (χ2v) is 2.04. The highest BCUT2D eigenvalue weighted by Gasteiger charge is 1.81. The summed E-state index contributed by atoms with van der Waals surface area (Å²) in [7, 11) is 0. The van der Waals surface area contributed by atoms with Gasteiger partial charge in [-0.1, -0.05) is 33.1 Å². The lowest BCUT2D eigenvalue weighted by atomic mass is 10.2. The van der Waals surface area contributed by atoms with E-state index in [2.05, 4.69) is 6.92 Å². The van der Waals surface area contributed by atoms with Gasteiger partial charge in [0.15, 0.2) is 0 Å². The Morgan fingerprint density at radius 3 is 2.29 bits per heavy atom. The molecule has 0 amide bonds. The molecule has 0 aromatic carbocycles. The molecule has 44 valence electrons. The monoisotopic (exact) mass is 100 g/mol. The van der Waals surface area contributed by atoms with Crippen LogP contribution in [0.5, 0.6) is 0 Å². The first-order valence-corrected chi connectivity index (χ1v) is 2.98. The fourth-order valence-electron chi connectivity index (χ4n) is 0.510. The first-order valence-electron chi connectivity index (χ1n) is 2.98. The van der Waals surface area contributed by atoms with Gasteiger partial charge >= 0.3 is 0 Å². The van der Waals surface area contributed by atoms with Crippen LogP contribution in [0.3, 0.4) is 0 Å². The molecular weight excluding hydrogens is 86.1 g/mol. The lowest BCUT2D eigenvalue weighted by Crippen LogP contribution is -1.90. The number of nitrogens with one attached hydrogen (secondary N) is 1. The van der Waals surface area contributed by atoms with Crippen molar-refractivity contribution in [2.24, 2.45) is 0 Å². The quantitative estimate of drug-likeness (QED) is 0.520. The number of unbranched alkanes of at least 4 members (excludes halogenated alkanes) is 1. The van der Waals surface area contributed by atoms with E-state index in [0.29, 0.717) is 0 Å². The Morgan fingerprint density at radius 2 is 2.14 bits per heavy atom. The molecule has 1 nitrogen and oxygen atoms in total. The maximum Gasteiger partial charge on any atom is -0.0550 e. The van der Waals surface area contributed by atoms with E-state index in [4.69, 9.17) is 5.73 Å². The summed E-state index contributed by atoms with van der Waals surface area (Å²) in [5, 5.41) is 0. The zero-order valence-electron chi connectivity index (χ0n) is 5.20. The summed E-state index contributed by atoms with van der Waals surface area (Å²) in [6.07, 6.45) is 3.50. The average Bonchev–Trinajstić information content (AvgIpc) is 1.61. The van der Waals surface area contributed by atoms with Crippen LogP contribution in [0.2, 0.25) is 0 Å². The third-order valence-corrected chi connectivity index (χ3v) is 0.991. The van der Waals surface area contributed by atoms with Crippen LogP contribution in [-0.2, 0) is 0 Å². The van der Waals surface area contributed by atoms with Gasteiger partial charge < -0.3 is 5.73 Å². The number of rotatable bonds is 3. The minimum Gasteiger partial charge on any atom is -0.675 e. The first-order chi connectivity index (χ1) is 3.27. The van der Waals surface area contributed by atoms with Crippen molar-refractivity contribution in [2.75, 3.05) is 0 Å². The zero-order chi connectivity index (χ0) is 5.70. The summed E-state index contributed by atoms with van der Waals surface area (Å²) in [4.78, 5) is 0. The van der Waals surface area contributed by atoms with E-state index in [1.165, 1.54) is 12.8 Å². The Hall–Kier alpha value is -0.0400. The van der Waals surface area contributed by atoms with Gasteiger partial charge in [-0.2, -0.15) is 0 Å². The van der Waals surface area contributed by atoms with E-state index in [-0.39, 0.29) is 6.04 Å². The zero-order valence-corrected chi connectivity index (χ0v) is 5.20. The van der Waals surface area contributed by atoms with Gasteiger partial charge in [-0.05, 0) is 0 Å². The Kier molecular flexibility index (Phi) is 4.10. The second-order valence-electron chi connectivity index (χ2n) is 2.04. The van der Waals surface area contributed by atoms with Gasteiger partial charge in [-0.25, -0.2) is 0 Å². The third kappa shape index (κ3) is 5.96. The summed E-state index contributed by atoms with van der Waals surface area (Å²) >= 11 is 0. The molecule has 1 atom stereocenters. The van der Waals surface area contributed by atoms with Crippen molar-refractivity contribution in [3.8, 4) is 0 Å². The van der Waals surface area contributed by atoms with Crippen molar-refractivity contribution in [1.29, 1.82) is 0 Å². The van der Waals surface area contributed by atoms with Gasteiger partial charge in [0.2, 0.25) is 0 Å². The molecule has 0 heterocycles. The highest BCUT2D eigenvalue weighted by atomic mass is 14.6. The van der Waals surface area contributed by atoms with Crippen LogP contribution in [0, 0.1) is 0 Å². The molecule has 0 saturated heterocycles.